The number of amides is 1. The summed E-state index contributed by atoms with van der Waals surface area (Å²) >= 11 is 0. The van der Waals surface area contributed by atoms with E-state index in [4.69, 9.17) is 4.98 Å². The van der Waals surface area contributed by atoms with Crippen molar-refractivity contribution in [3.05, 3.63) is 12.3 Å². The zero-order valence-electron chi connectivity index (χ0n) is 21.7. The van der Waals surface area contributed by atoms with Gasteiger partial charge in [0.1, 0.15) is 5.82 Å². The maximum Gasteiger partial charge on any atom is 0.224 e. The Morgan fingerprint density at radius 3 is 2.46 bits per heavy atom. The van der Waals surface area contributed by atoms with E-state index < -0.39 is 0 Å². The minimum absolute atomic E-state index is 0.362. The Morgan fingerprint density at radius 1 is 0.857 bits per heavy atom. The van der Waals surface area contributed by atoms with Crippen molar-refractivity contribution in [3.63, 3.8) is 0 Å². The second kappa shape index (κ2) is 12.4. The number of piperidine rings is 1. The summed E-state index contributed by atoms with van der Waals surface area (Å²) in [6.07, 6.45) is 19.0. The molecule has 1 aliphatic carbocycles. The summed E-state index contributed by atoms with van der Waals surface area (Å²) in [5.41, 5.74) is 0. The topological polar surface area (TPSA) is 64.6 Å². The number of rotatable bonds is 6. The number of carbonyl (C=O) groups is 1. The Balaban J connectivity index is 1.17. The molecule has 3 saturated heterocycles. The average Bonchev–Trinajstić information content (AvgIpc) is 3.11. The van der Waals surface area contributed by atoms with E-state index in [-0.39, 0.29) is 0 Å². The first-order valence-electron chi connectivity index (χ1n) is 14.6. The summed E-state index contributed by atoms with van der Waals surface area (Å²) in [7, 11) is 0. The summed E-state index contributed by atoms with van der Waals surface area (Å²) in [5.74, 6) is 2.89. The molecule has 0 radical (unpaired) electrons. The second-order valence-electron chi connectivity index (χ2n) is 11.5. The molecule has 2 unspecified atom stereocenters. The summed E-state index contributed by atoms with van der Waals surface area (Å²) in [5, 5.41) is 3.70. The Kier molecular flexibility index (Phi) is 8.77. The molecule has 1 amide bonds. The van der Waals surface area contributed by atoms with Gasteiger partial charge in [-0.1, -0.05) is 32.1 Å². The van der Waals surface area contributed by atoms with E-state index in [1.807, 2.05) is 6.20 Å². The van der Waals surface area contributed by atoms with E-state index >= 15 is 0 Å². The number of carbonyl (C=O) groups excluding carboxylic acids is 1. The van der Waals surface area contributed by atoms with Crippen molar-refractivity contribution in [2.24, 2.45) is 5.92 Å². The van der Waals surface area contributed by atoms with Crippen LogP contribution >= 0.6 is 0 Å². The maximum absolute atomic E-state index is 13.0. The van der Waals surface area contributed by atoms with E-state index in [0.717, 1.165) is 70.3 Å². The van der Waals surface area contributed by atoms with Crippen LogP contribution in [0.3, 0.4) is 0 Å². The van der Waals surface area contributed by atoms with Crippen molar-refractivity contribution < 1.29 is 4.79 Å². The molecule has 2 atom stereocenters. The zero-order chi connectivity index (χ0) is 23.9. The molecule has 5 rings (SSSR count). The van der Waals surface area contributed by atoms with E-state index in [0.29, 0.717) is 23.9 Å². The molecule has 7 nitrogen and oxygen atoms in total. The van der Waals surface area contributed by atoms with Crippen LogP contribution in [0.5, 0.6) is 0 Å². The number of hydrogen-bond acceptors (Lipinski definition) is 6. The molecule has 1 aromatic heterocycles. The Bertz CT molecular complexity index is 804. The lowest BCUT2D eigenvalue weighted by molar-refractivity contribution is -0.134. The highest BCUT2D eigenvalue weighted by atomic mass is 16.2. The molecule has 0 bridgehead atoms. The molecule has 4 heterocycles. The molecule has 3 aliphatic heterocycles. The van der Waals surface area contributed by atoms with Gasteiger partial charge in [-0.2, -0.15) is 4.98 Å². The fourth-order valence-corrected chi connectivity index (χ4v) is 6.77. The standard InChI is InChI=1S/C28H46N6O/c35-27(20-23-10-3-4-11-23)34-19-9-13-25(22-34)33-18-8-5-12-24(21-33)30-28-29-15-14-26(31-28)32-16-6-1-2-7-17-32/h14-15,23-25H,1-13,16-22H2,(H,29,30,31). The average molecular weight is 483 g/mol. The lowest BCUT2D eigenvalue weighted by atomic mass is 9.99. The smallest absolute Gasteiger partial charge is 0.224 e. The van der Waals surface area contributed by atoms with Crippen molar-refractivity contribution >= 4 is 17.7 Å². The fourth-order valence-electron chi connectivity index (χ4n) is 6.77. The van der Waals surface area contributed by atoms with Crippen molar-refractivity contribution in [1.82, 2.24) is 19.8 Å². The second-order valence-corrected chi connectivity index (χ2v) is 11.5. The molecule has 1 saturated carbocycles. The van der Waals surface area contributed by atoms with E-state index in [2.05, 4.69) is 31.1 Å². The minimum Gasteiger partial charge on any atom is -0.356 e. The van der Waals surface area contributed by atoms with Crippen LogP contribution in [-0.4, -0.2) is 77.0 Å². The van der Waals surface area contributed by atoms with Crippen molar-refractivity contribution in [2.45, 2.75) is 102 Å². The number of likely N-dealkylation sites (tertiary alicyclic amines) is 2. The highest BCUT2D eigenvalue weighted by Crippen LogP contribution is 2.29. The van der Waals surface area contributed by atoms with Crippen LogP contribution in [0.2, 0.25) is 0 Å². The Labute approximate surface area is 212 Å². The van der Waals surface area contributed by atoms with Crippen LogP contribution in [0.1, 0.15) is 89.9 Å². The molecule has 7 heteroatoms. The van der Waals surface area contributed by atoms with Gasteiger partial charge in [0.25, 0.3) is 0 Å². The van der Waals surface area contributed by atoms with Gasteiger partial charge in [0.2, 0.25) is 11.9 Å². The molecule has 4 aliphatic rings. The minimum atomic E-state index is 0.362. The van der Waals surface area contributed by atoms with Crippen molar-refractivity contribution in [3.8, 4) is 0 Å². The van der Waals surface area contributed by atoms with Gasteiger partial charge in [0.15, 0.2) is 0 Å². The molecular weight excluding hydrogens is 436 g/mol. The van der Waals surface area contributed by atoms with Gasteiger partial charge >= 0.3 is 0 Å². The first-order chi connectivity index (χ1) is 17.2. The van der Waals surface area contributed by atoms with Gasteiger partial charge < -0.3 is 15.1 Å². The lowest BCUT2D eigenvalue weighted by Gasteiger charge is -2.40. The van der Waals surface area contributed by atoms with Gasteiger partial charge in [-0.15, -0.1) is 0 Å². The summed E-state index contributed by atoms with van der Waals surface area (Å²) in [4.78, 5) is 29.8. The van der Waals surface area contributed by atoms with Crippen LogP contribution in [0.25, 0.3) is 0 Å². The monoisotopic (exact) mass is 482 g/mol. The molecule has 0 spiro atoms. The normalized spacial score (nSPS) is 27.4. The van der Waals surface area contributed by atoms with E-state index in [1.165, 1.54) is 70.6 Å². The largest absolute Gasteiger partial charge is 0.356 e. The first kappa shape index (κ1) is 24.8. The van der Waals surface area contributed by atoms with Gasteiger partial charge in [-0.05, 0) is 69.9 Å². The molecule has 0 aromatic carbocycles. The van der Waals surface area contributed by atoms with E-state index in [1.54, 1.807) is 0 Å². The third kappa shape index (κ3) is 6.87. The van der Waals surface area contributed by atoms with Gasteiger partial charge in [-0.3, -0.25) is 9.69 Å². The molecule has 4 fully saturated rings. The van der Waals surface area contributed by atoms with Crippen LogP contribution in [-0.2, 0) is 4.79 Å². The SMILES string of the molecule is O=C(CC1CCCC1)N1CCCC(N2CCCCC(Nc3nccc(N4CCCCCC4)n3)C2)C1. The maximum atomic E-state index is 13.0. The van der Waals surface area contributed by atoms with Gasteiger partial charge in [0.05, 0.1) is 0 Å². The highest BCUT2D eigenvalue weighted by Gasteiger charge is 2.31. The Morgan fingerprint density at radius 2 is 1.63 bits per heavy atom. The third-order valence-electron chi connectivity index (χ3n) is 8.81. The number of nitrogens with zero attached hydrogens (tertiary/aromatic N) is 5. The Hall–Kier alpha value is -1.89. The van der Waals surface area contributed by atoms with E-state index in [9.17, 15) is 4.79 Å². The summed E-state index contributed by atoms with van der Waals surface area (Å²) in [6, 6.07) is 2.92. The first-order valence-corrected chi connectivity index (χ1v) is 14.6. The molecule has 1 N–H and O–H groups in total. The summed E-state index contributed by atoms with van der Waals surface area (Å²) in [6.45, 7) is 6.24. The molecule has 1 aromatic rings. The van der Waals surface area contributed by atoms with Gasteiger partial charge in [-0.25, -0.2) is 4.98 Å². The number of hydrogen-bond donors (Lipinski definition) is 1. The van der Waals surface area contributed by atoms with Crippen LogP contribution < -0.4 is 10.2 Å². The quantitative estimate of drug-likeness (QED) is 0.634. The summed E-state index contributed by atoms with van der Waals surface area (Å²) < 4.78 is 0. The number of nitrogens with one attached hydrogen (secondary N) is 1. The van der Waals surface area contributed by atoms with Crippen LogP contribution in [0.4, 0.5) is 11.8 Å². The fraction of sp³-hybridized carbons (Fsp3) is 0.821. The number of aromatic nitrogens is 2. The zero-order valence-corrected chi connectivity index (χ0v) is 21.7. The predicted molar refractivity (Wildman–Crippen MR) is 142 cm³/mol. The lowest BCUT2D eigenvalue weighted by Crippen LogP contribution is -2.52. The van der Waals surface area contributed by atoms with Crippen LogP contribution in [0.15, 0.2) is 12.3 Å². The van der Waals surface area contributed by atoms with Crippen molar-refractivity contribution in [2.75, 3.05) is 49.5 Å². The number of anilines is 2. The van der Waals surface area contributed by atoms with Crippen LogP contribution in [0, 0.1) is 5.92 Å². The third-order valence-corrected chi connectivity index (χ3v) is 8.81. The predicted octanol–water partition coefficient (Wildman–Crippen LogP) is 4.69. The molecular formula is C28H46N6O. The van der Waals surface area contributed by atoms with Crippen molar-refractivity contribution in [1.29, 1.82) is 0 Å². The molecule has 35 heavy (non-hydrogen) atoms. The molecule has 194 valence electrons. The highest BCUT2D eigenvalue weighted by molar-refractivity contribution is 5.76. The van der Waals surface area contributed by atoms with Gasteiger partial charge in [0, 0.05) is 57.4 Å².